The Morgan fingerprint density at radius 3 is 2.57 bits per heavy atom. The second kappa shape index (κ2) is 11.0. The van der Waals surface area contributed by atoms with Crippen LogP contribution in [0.25, 0.3) is 0 Å². The number of imide groups is 1. The van der Waals surface area contributed by atoms with Crippen LogP contribution in [0.4, 0.5) is 4.79 Å². The molecule has 2 rings (SSSR count). The van der Waals surface area contributed by atoms with E-state index in [1.54, 1.807) is 0 Å². The minimum atomic E-state index is -3.77. The van der Waals surface area contributed by atoms with E-state index in [9.17, 15) is 22.8 Å². The molecule has 0 radical (unpaired) electrons. The zero-order chi connectivity index (χ0) is 22.1. The molecule has 0 aromatic heterocycles. The number of carbonyl (C=O) groups excluding carboxylic acids is 3. The molecule has 0 spiro atoms. The summed E-state index contributed by atoms with van der Waals surface area (Å²) in [4.78, 5) is 35.5. The van der Waals surface area contributed by atoms with Crippen molar-refractivity contribution in [2.75, 3.05) is 39.5 Å². The van der Waals surface area contributed by atoms with Crippen molar-refractivity contribution >= 4 is 27.9 Å². The number of esters is 1. The summed E-state index contributed by atoms with van der Waals surface area (Å²) in [6.45, 7) is 4.84. The lowest BCUT2D eigenvalue weighted by atomic mass is 10.1. The first kappa shape index (κ1) is 23.8. The molecule has 30 heavy (non-hydrogen) atoms. The molecule has 3 amide bonds. The molecule has 1 aliphatic rings. The summed E-state index contributed by atoms with van der Waals surface area (Å²) in [6.07, 6.45) is 0.764. The van der Waals surface area contributed by atoms with Crippen LogP contribution in [0, 0.1) is 5.92 Å². The average Bonchev–Trinajstić information content (AvgIpc) is 2.72. The SMILES string of the molecule is CC(C)CCNC(=O)NC(=O)COC(=O)c1cccc(S(=O)(=O)N2CCOCC2)c1. The maximum Gasteiger partial charge on any atom is 0.338 e. The van der Waals surface area contributed by atoms with Crippen molar-refractivity contribution in [3.63, 3.8) is 0 Å². The molecule has 1 saturated heterocycles. The Balaban J connectivity index is 1.89. The summed E-state index contributed by atoms with van der Waals surface area (Å²) in [6, 6.07) is 4.72. The van der Waals surface area contributed by atoms with Crippen molar-refractivity contribution in [3.8, 4) is 0 Å². The highest BCUT2D eigenvalue weighted by Crippen LogP contribution is 2.18. The molecule has 10 nitrogen and oxygen atoms in total. The summed E-state index contributed by atoms with van der Waals surface area (Å²) in [5, 5.41) is 4.59. The molecule has 0 aliphatic carbocycles. The molecule has 1 heterocycles. The average molecular weight is 442 g/mol. The fourth-order valence-corrected chi connectivity index (χ4v) is 4.07. The van der Waals surface area contributed by atoms with E-state index in [0.717, 1.165) is 6.42 Å². The second-order valence-electron chi connectivity index (χ2n) is 7.11. The molecular formula is C19H27N3O7S. The lowest BCUT2D eigenvalue weighted by molar-refractivity contribution is -0.123. The Hall–Kier alpha value is -2.50. The second-order valence-corrected chi connectivity index (χ2v) is 9.04. The third kappa shape index (κ3) is 7.08. The Kier molecular flexibility index (Phi) is 8.75. The minimum absolute atomic E-state index is 0.0153. The van der Waals surface area contributed by atoms with Crippen LogP contribution in [0.1, 0.15) is 30.6 Å². The van der Waals surface area contributed by atoms with Crippen molar-refractivity contribution < 1.29 is 32.3 Å². The van der Waals surface area contributed by atoms with Crippen LogP contribution in [0.5, 0.6) is 0 Å². The van der Waals surface area contributed by atoms with Gasteiger partial charge in [-0.2, -0.15) is 4.31 Å². The van der Waals surface area contributed by atoms with Gasteiger partial charge in [-0.05, 0) is 30.5 Å². The number of urea groups is 1. The van der Waals surface area contributed by atoms with E-state index in [2.05, 4.69) is 10.6 Å². The molecule has 1 aromatic rings. The quantitative estimate of drug-likeness (QED) is 0.569. The zero-order valence-electron chi connectivity index (χ0n) is 17.0. The van der Waals surface area contributed by atoms with Crippen LogP contribution >= 0.6 is 0 Å². The highest BCUT2D eigenvalue weighted by molar-refractivity contribution is 7.89. The number of hydrogen-bond acceptors (Lipinski definition) is 7. The number of carbonyl (C=O) groups is 3. The molecule has 1 aromatic carbocycles. The number of nitrogens with one attached hydrogen (secondary N) is 2. The van der Waals surface area contributed by atoms with Crippen LogP contribution in [-0.4, -0.2) is 70.1 Å². The lowest BCUT2D eigenvalue weighted by Gasteiger charge is -2.26. The summed E-state index contributed by atoms with van der Waals surface area (Å²) < 4.78 is 36.7. The van der Waals surface area contributed by atoms with Crippen molar-refractivity contribution in [1.29, 1.82) is 0 Å². The number of nitrogens with zero attached hydrogens (tertiary/aromatic N) is 1. The van der Waals surface area contributed by atoms with Crippen LogP contribution in [-0.2, 0) is 24.3 Å². The van der Waals surface area contributed by atoms with Gasteiger partial charge >= 0.3 is 12.0 Å². The number of rotatable bonds is 8. The molecule has 1 aliphatic heterocycles. The van der Waals surface area contributed by atoms with Crippen LogP contribution in [0.15, 0.2) is 29.2 Å². The summed E-state index contributed by atoms with van der Waals surface area (Å²) in [5.41, 5.74) is -0.0153. The molecule has 0 atom stereocenters. The third-order valence-electron chi connectivity index (χ3n) is 4.27. The smallest absolute Gasteiger partial charge is 0.338 e. The normalized spacial score (nSPS) is 14.9. The van der Waals surface area contributed by atoms with Gasteiger partial charge < -0.3 is 14.8 Å². The van der Waals surface area contributed by atoms with Gasteiger partial charge in [0.1, 0.15) is 0 Å². The third-order valence-corrected chi connectivity index (χ3v) is 6.17. The molecule has 166 valence electrons. The Labute approximate surface area is 176 Å². The maximum atomic E-state index is 12.7. The van der Waals surface area contributed by atoms with Gasteiger partial charge in [0.2, 0.25) is 10.0 Å². The van der Waals surface area contributed by atoms with E-state index < -0.39 is 34.5 Å². The van der Waals surface area contributed by atoms with E-state index in [1.807, 2.05) is 13.8 Å². The number of hydrogen-bond donors (Lipinski definition) is 2. The van der Waals surface area contributed by atoms with E-state index in [4.69, 9.17) is 9.47 Å². The largest absolute Gasteiger partial charge is 0.452 e. The van der Waals surface area contributed by atoms with Gasteiger partial charge in [-0.15, -0.1) is 0 Å². The Bertz CT molecular complexity index is 865. The van der Waals surface area contributed by atoms with Gasteiger partial charge in [-0.3, -0.25) is 10.1 Å². The van der Waals surface area contributed by atoms with E-state index in [1.165, 1.54) is 28.6 Å². The van der Waals surface area contributed by atoms with Gasteiger partial charge in [0.05, 0.1) is 23.7 Å². The van der Waals surface area contributed by atoms with Gasteiger partial charge in [0.15, 0.2) is 6.61 Å². The van der Waals surface area contributed by atoms with E-state index in [0.29, 0.717) is 25.7 Å². The molecule has 2 N–H and O–H groups in total. The number of amides is 3. The summed E-state index contributed by atoms with van der Waals surface area (Å²) in [7, 11) is -3.77. The van der Waals surface area contributed by atoms with Crippen LogP contribution < -0.4 is 10.6 Å². The number of ether oxygens (including phenoxy) is 2. The van der Waals surface area contributed by atoms with Gasteiger partial charge in [0.25, 0.3) is 5.91 Å². The predicted molar refractivity (Wildman–Crippen MR) is 107 cm³/mol. The minimum Gasteiger partial charge on any atom is -0.452 e. The molecular weight excluding hydrogens is 414 g/mol. The van der Waals surface area contributed by atoms with E-state index in [-0.39, 0.29) is 23.5 Å². The lowest BCUT2D eigenvalue weighted by Crippen LogP contribution is -2.42. The number of sulfonamides is 1. The summed E-state index contributed by atoms with van der Waals surface area (Å²) >= 11 is 0. The molecule has 1 fully saturated rings. The van der Waals surface area contributed by atoms with E-state index >= 15 is 0 Å². The van der Waals surface area contributed by atoms with Crippen molar-refractivity contribution in [2.24, 2.45) is 5.92 Å². The molecule has 0 saturated carbocycles. The Morgan fingerprint density at radius 1 is 1.20 bits per heavy atom. The van der Waals surface area contributed by atoms with Crippen molar-refractivity contribution in [3.05, 3.63) is 29.8 Å². The Morgan fingerprint density at radius 2 is 1.90 bits per heavy atom. The van der Waals surface area contributed by atoms with Crippen LogP contribution in [0.3, 0.4) is 0 Å². The van der Waals surface area contributed by atoms with Gasteiger partial charge in [-0.1, -0.05) is 19.9 Å². The first-order valence-corrected chi connectivity index (χ1v) is 11.1. The topological polar surface area (TPSA) is 131 Å². The predicted octanol–water partition coefficient (Wildman–Crippen LogP) is 0.736. The molecule has 0 unspecified atom stereocenters. The number of morpholine rings is 1. The standard InChI is InChI=1S/C19H27N3O7S/c1-14(2)6-7-20-19(25)21-17(23)13-29-18(24)15-4-3-5-16(12-15)30(26,27)22-8-10-28-11-9-22/h3-5,12,14H,6-11,13H2,1-2H3,(H2,20,21,23,25). The highest BCUT2D eigenvalue weighted by atomic mass is 32.2. The fourth-order valence-electron chi connectivity index (χ4n) is 2.62. The van der Waals surface area contributed by atoms with Crippen molar-refractivity contribution in [1.82, 2.24) is 14.9 Å². The fraction of sp³-hybridized carbons (Fsp3) is 0.526. The van der Waals surface area contributed by atoms with Gasteiger partial charge in [0, 0.05) is 19.6 Å². The molecule has 11 heteroatoms. The maximum absolute atomic E-state index is 12.7. The molecule has 0 bridgehead atoms. The van der Waals surface area contributed by atoms with Crippen LogP contribution in [0.2, 0.25) is 0 Å². The number of benzene rings is 1. The first-order valence-electron chi connectivity index (χ1n) is 9.63. The van der Waals surface area contributed by atoms with Gasteiger partial charge in [-0.25, -0.2) is 18.0 Å². The zero-order valence-corrected chi connectivity index (χ0v) is 17.9. The first-order chi connectivity index (χ1) is 14.2. The summed E-state index contributed by atoms with van der Waals surface area (Å²) in [5.74, 6) is -1.25. The van der Waals surface area contributed by atoms with Crippen molar-refractivity contribution in [2.45, 2.75) is 25.2 Å². The highest BCUT2D eigenvalue weighted by Gasteiger charge is 2.27. The monoisotopic (exact) mass is 441 g/mol.